The number of benzene rings is 1. The van der Waals surface area contributed by atoms with Crippen LogP contribution >= 0.6 is 0 Å². The number of carbonyl (C=O) groups excluding carboxylic acids is 1. The Morgan fingerprint density at radius 1 is 1.14 bits per heavy atom. The topological polar surface area (TPSA) is 35.5 Å². The van der Waals surface area contributed by atoms with Gasteiger partial charge >= 0.3 is 18.1 Å². The summed E-state index contributed by atoms with van der Waals surface area (Å²) in [6.07, 6.45) is -7.35. The molecular weight excluding hydrogens is 311 g/mol. The molecule has 0 aromatic heterocycles. The molecule has 0 amide bonds. The van der Waals surface area contributed by atoms with Gasteiger partial charge in [0.1, 0.15) is 5.75 Å². The van der Waals surface area contributed by atoms with Crippen LogP contribution in [0.3, 0.4) is 0 Å². The molecule has 0 aliphatic carbocycles. The lowest BCUT2D eigenvalue weighted by Gasteiger charge is -2.34. The van der Waals surface area contributed by atoms with Gasteiger partial charge in [-0.2, -0.15) is 22.0 Å². The van der Waals surface area contributed by atoms with E-state index in [0.29, 0.717) is 0 Å². The van der Waals surface area contributed by atoms with E-state index in [4.69, 9.17) is 9.47 Å². The molecule has 0 fully saturated rings. The van der Waals surface area contributed by atoms with Gasteiger partial charge in [-0.15, -0.1) is 0 Å². The van der Waals surface area contributed by atoms with Crippen LogP contribution < -0.4 is 4.74 Å². The SMILES string of the molecule is COC(C)(CC(F)(F)C(F)(F)F)c1ccccc1OC(C)=O. The number of esters is 1. The highest BCUT2D eigenvalue weighted by molar-refractivity contribution is 5.70. The molecule has 0 radical (unpaired) electrons. The Hall–Kier alpha value is -1.70. The molecule has 1 unspecified atom stereocenters. The van der Waals surface area contributed by atoms with Crippen molar-refractivity contribution >= 4 is 5.97 Å². The summed E-state index contributed by atoms with van der Waals surface area (Å²) in [5.41, 5.74) is -2.07. The molecule has 0 spiro atoms. The summed E-state index contributed by atoms with van der Waals surface area (Å²) in [4.78, 5) is 11.0. The van der Waals surface area contributed by atoms with Gasteiger partial charge in [-0.05, 0) is 13.0 Å². The number of halogens is 5. The van der Waals surface area contributed by atoms with Crippen LogP contribution in [-0.4, -0.2) is 25.2 Å². The molecule has 0 N–H and O–H groups in total. The lowest BCUT2D eigenvalue weighted by Crippen LogP contribution is -2.43. The maximum absolute atomic E-state index is 13.4. The van der Waals surface area contributed by atoms with E-state index in [1.807, 2.05) is 0 Å². The van der Waals surface area contributed by atoms with E-state index in [-0.39, 0.29) is 11.3 Å². The minimum Gasteiger partial charge on any atom is -0.426 e. The Morgan fingerprint density at radius 3 is 2.14 bits per heavy atom. The predicted molar refractivity (Wildman–Crippen MR) is 67.7 cm³/mol. The van der Waals surface area contributed by atoms with Gasteiger partial charge in [0, 0.05) is 19.6 Å². The van der Waals surface area contributed by atoms with Gasteiger partial charge in [-0.3, -0.25) is 4.79 Å². The van der Waals surface area contributed by atoms with Gasteiger partial charge in [0.2, 0.25) is 0 Å². The summed E-state index contributed by atoms with van der Waals surface area (Å²) < 4.78 is 73.8. The molecule has 1 atom stereocenters. The number of carbonyl (C=O) groups is 1. The first-order valence-corrected chi connectivity index (χ1v) is 6.20. The van der Waals surface area contributed by atoms with Crippen molar-refractivity contribution in [2.75, 3.05) is 7.11 Å². The lowest BCUT2D eigenvalue weighted by molar-refractivity contribution is -0.298. The number of ether oxygens (including phenoxy) is 2. The summed E-state index contributed by atoms with van der Waals surface area (Å²) >= 11 is 0. The largest absolute Gasteiger partial charge is 0.453 e. The smallest absolute Gasteiger partial charge is 0.426 e. The van der Waals surface area contributed by atoms with Crippen LogP contribution in [0.2, 0.25) is 0 Å². The monoisotopic (exact) mass is 326 g/mol. The number of alkyl halides is 5. The molecule has 0 saturated carbocycles. The second kappa shape index (κ2) is 6.20. The molecule has 0 aliphatic heterocycles. The van der Waals surface area contributed by atoms with Crippen LogP contribution in [0.1, 0.15) is 25.8 Å². The zero-order valence-electron chi connectivity index (χ0n) is 12.1. The lowest BCUT2D eigenvalue weighted by atomic mass is 9.88. The van der Waals surface area contributed by atoms with Crippen molar-refractivity contribution in [3.05, 3.63) is 29.8 Å². The number of para-hydroxylation sites is 1. The van der Waals surface area contributed by atoms with E-state index in [9.17, 15) is 26.7 Å². The van der Waals surface area contributed by atoms with Gasteiger partial charge in [0.05, 0.1) is 12.0 Å². The Morgan fingerprint density at radius 2 is 1.68 bits per heavy atom. The van der Waals surface area contributed by atoms with Gasteiger partial charge in [0.15, 0.2) is 0 Å². The fraction of sp³-hybridized carbons (Fsp3) is 0.500. The first kappa shape index (κ1) is 18.3. The van der Waals surface area contributed by atoms with Gasteiger partial charge in [0.25, 0.3) is 0 Å². The van der Waals surface area contributed by atoms with Crippen LogP contribution in [0.4, 0.5) is 22.0 Å². The Kier molecular flexibility index (Phi) is 5.17. The van der Waals surface area contributed by atoms with E-state index in [1.165, 1.54) is 24.3 Å². The van der Waals surface area contributed by atoms with Gasteiger partial charge in [-0.1, -0.05) is 18.2 Å². The Bertz CT molecular complexity index is 542. The van der Waals surface area contributed by atoms with E-state index in [0.717, 1.165) is 21.0 Å². The summed E-state index contributed by atoms with van der Waals surface area (Å²) in [6.45, 7) is 2.17. The molecule has 1 aromatic rings. The van der Waals surface area contributed by atoms with Crippen molar-refractivity contribution in [3.63, 3.8) is 0 Å². The van der Waals surface area contributed by atoms with Crippen molar-refractivity contribution in [1.82, 2.24) is 0 Å². The van der Waals surface area contributed by atoms with Gasteiger partial charge in [-0.25, -0.2) is 0 Å². The van der Waals surface area contributed by atoms with Crippen molar-refractivity contribution < 1.29 is 36.2 Å². The second-order valence-electron chi connectivity index (χ2n) is 4.90. The van der Waals surface area contributed by atoms with Crippen LogP contribution in [0.25, 0.3) is 0 Å². The molecule has 0 bridgehead atoms. The summed E-state index contributed by atoms with van der Waals surface area (Å²) in [6, 6.07) is 5.44. The van der Waals surface area contributed by atoms with Crippen molar-refractivity contribution in [2.45, 2.75) is 38.0 Å². The molecule has 0 saturated heterocycles. The fourth-order valence-corrected chi connectivity index (χ4v) is 1.95. The average Bonchev–Trinajstić information content (AvgIpc) is 2.36. The number of methoxy groups -OCH3 is 1. The Balaban J connectivity index is 3.27. The van der Waals surface area contributed by atoms with Crippen molar-refractivity contribution in [1.29, 1.82) is 0 Å². The third-order valence-electron chi connectivity index (χ3n) is 3.14. The quantitative estimate of drug-likeness (QED) is 0.465. The van der Waals surface area contributed by atoms with Crippen LogP contribution in [0.15, 0.2) is 24.3 Å². The van der Waals surface area contributed by atoms with Gasteiger partial charge < -0.3 is 9.47 Å². The maximum atomic E-state index is 13.4. The molecule has 1 aromatic carbocycles. The third kappa shape index (κ3) is 3.94. The Labute approximate surface area is 124 Å². The predicted octanol–water partition coefficient (Wildman–Crippen LogP) is 4.06. The standard InChI is InChI=1S/C14H15F5O3/c1-9(20)22-11-7-5-4-6-10(11)12(2,21-3)8-13(15,16)14(17,18)19/h4-7H,8H2,1-3H3. The maximum Gasteiger partial charge on any atom is 0.453 e. The molecule has 8 heteroatoms. The van der Waals surface area contributed by atoms with E-state index in [1.54, 1.807) is 0 Å². The third-order valence-corrected chi connectivity index (χ3v) is 3.14. The van der Waals surface area contributed by atoms with Crippen LogP contribution in [-0.2, 0) is 15.1 Å². The number of hydrogen-bond acceptors (Lipinski definition) is 3. The zero-order chi connectivity index (χ0) is 17.2. The van der Waals surface area contributed by atoms with Crippen LogP contribution in [0.5, 0.6) is 5.75 Å². The molecule has 3 nitrogen and oxygen atoms in total. The highest BCUT2D eigenvalue weighted by atomic mass is 19.4. The molecule has 22 heavy (non-hydrogen) atoms. The summed E-state index contributed by atoms with van der Waals surface area (Å²) in [5.74, 6) is -5.81. The normalized spacial score (nSPS) is 15.3. The molecule has 0 aliphatic rings. The first-order chi connectivity index (χ1) is 9.93. The highest BCUT2D eigenvalue weighted by Gasteiger charge is 2.60. The molecule has 1 rings (SSSR count). The van der Waals surface area contributed by atoms with E-state index < -0.39 is 30.1 Å². The molecule has 124 valence electrons. The summed E-state index contributed by atoms with van der Waals surface area (Å²) in [5, 5.41) is 0. The fourth-order valence-electron chi connectivity index (χ4n) is 1.95. The highest BCUT2D eigenvalue weighted by Crippen LogP contribution is 2.46. The minimum absolute atomic E-state index is 0.0726. The summed E-state index contributed by atoms with van der Waals surface area (Å²) in [7, 11) is 1.01. The zero-order valence-corrected chi connectivity index (χ0v) is 12.1. The molecule has 0 heterocycles. The van der Waals surface area contributed by atoms with Crippen molar-refractivity contribution in [2.24, 2.45) is 0 Å². The number of rotatable bonds is 5. The van der Waals surface area contributed by atoms with Crippen LogP contribution in [0, 0.1) is 0 Å². The average molecular weight is 326 g/mol. The van der Waals surface area contributed by atoms with E-state index in [2.05, 4.69) is 0 Å². The molecular formula is C14H15F5O3. The van der Waals surface area contributed by atoms with Crippen molar-refractivity contribution in [3.8, 4) is 5.75 Å². The van der Waals surface area contributed by atoms with E-state index >= 15 is 0 Å². The number of hydrogen-bond donors (Lipinski definition) is 0. The minimum atomic E-state index is -5.71. The second-order valence-corrected chi connectivity index (χ2v) is 4.90. The first-order valence-electron chi connectivity index (χ1n) is 6.20.